The summed E-state index contributed by atoms with van der Waals surface area (Å²) >= 11 is 1.71. The Balaban J connectivity index is 2.49. The number of H-pyrrole nitrogens is 1. The minimum absolute atomic E-state index is 0.0207. The summed E-state index contributed by atoms with van der Waals surface area (Å²) in [5, 5.41) is 3.27. The van der Waals surface area contributed by atoms with E-state index in [9.17, 15) is 4.79 Å². The topological polar surface area (TPSA) is 37.8 Å². The molecule has 0 aliphatic carbocycles. The average molecular weight is 284 g/mol. The summed E-state index contributed by atoms with van der Waals surface area (Å²) in [4.78, 5) is 18.0. The van der Waals surface area contributed by atoms with Crippen LogP contribution in [0.4, 0.5) is 0 Å². The van der Waals surface area contributed by atoms with E-state index in [1.54, 1.807) is 23.0 Å². The zero-order valence-corrected chi connectivity index (χ0v) is 12.6. The standard InChI is InChI=1S/C16H16N2OS/c1-9-7-11(3)20-14(9)8-12-15-13(18(4)16(12)19)6-5-10(2)17-15/h5-8,17H,2H2,1,3-4H3. The Kier molecular flexibility index (Phi) is 2.91. The molecular formula is C16H16N2OS. The van der Waals surface area contributed by atoms with E-state index in [4.69, 9.17) is 0 Å². The molecule has 1 aromatic heterocycles. The van der Waals surface area contributed by atoms with Gasteiger partial charge in [-0.25, -0.2) is 0 Å². The van der Waals surface area contributed by atoms with Crippen LogP contribution in [0.3, 0.4) is 0 Å². The highest BCUT2D eigenvalue weighted by Gasteiger charge is 2.06. The third kappa shape index (κ3) is 1.93. The van der Waals surface area contributed by atoms with Crippen LogP contribution in [-0.2, 0) is 7.05 Å². The number of nitrogens with zero attached hydrogens (tertiary/aromatic N) is 1. The fourth-order valence-electron chi connectivity index (χ4n) is 2.48. The van der Waals surface area contributed by atoms with Crippen molar-refractivity contribution >= 4 is 24.0 Å². The van der Waals surface area contributed by atoms with E-state index < -0.39 is 0 Å². The van der Waals surface area contributed by atoms with Gasteiger partial charge in [-0.1, -0.05) is 6.58 Å². The van der Waals surface area contributed by atoms with Gasteiger partial charge in [-0.15, -0.1) is 11.3 Å². The van der Waals surface area contributed by atoms with Crippen LogP contribution >= 0.6 is 11.3 Å². The van der Waals surface area contributed by atoms with Gasteiger partial charge < -0.3 is 9.55 Å². The van der Waals surface area contributed by atoms with Crippen LogP contribution in [0.5, 0.6) is 0 Å². The van der Waals surface area contributed by atoms with Gasteiger partial charge in [0.2, 0.25) is 0 Å². The molecule has 0 saturated heterocycles. The zero-order chi connectivity index (χ0) is 14.4. The largest absolute Gasteiger partial charge is 0.354 e. The van der Waals surface area contributed by atoms with Gasteiger partial charge in [0, 0.05) is 22.2 Å². The Morgan fingerprint density at radius 3 is 2.75 bits per heavy atom. The molecule has 0 fully saturated rings. The monoisotopic (exact) mass is 284 g/mol. The number of rotatable bonds is 1. The molecule has 2 aliphatic heterocycles. The van der Waals surface area contributed by atoms with Crippen LogP contribution < -0.4 is 16.1 Å². The van der Waals surface area contributed by atoms with Crippen molar-refractivity contribution in [2.24, 2.45) is 7.05 Å². The molecule has 3 nitrogen and oxygen atoms in total. The number of thiophene rings is 1. The molecule has 20 heavy (non-hydrogen) atoms. The summed E-state index contributed by atoms with van der Waals surface area (Å²) in [6, 6.07) is 5.95. The predicted octanol–water partition coefficient (Wildman–Crippen LogP) is 1.36. The van der Waals surface area contributed by atoms with Crippen molar-refractivity contribution in [3.63, 3.8) is 0 Å². The molecule has 3 rings (SSSR count). The molecule has 4 heteroatoms. The van der Waals surface area contributed by atoms with Crippen LogP contribution in [0.25, 0.3) is 12.7 Å². The van der Waals surface area contributed by atoms with E-state index in [-0.39, 0.29) is 5.56 Å². The first-order chi connectivity index (χ1) is 9.47. The van der Waals surface area contributed by atoms with Crippen molar-refractivity contribution in [2.75, 3.05) is 0 Å². The van der Waals surface area contributed by atoms with Crippen LogP contribution in [0.1, 0.15) is 15.3 Å². The Hall–Kier alpha value is -2.07. The maximum absolute atomic E-state index is 12.4. The third-order valence-corrected chi connectivity index (χ3v) is 4.60. The molecular weight excluding hydrogens is 268 g/mol. The van der Waals surface area contributed by atoms with Crippen LogP contribution in [0.2, 0.25) is 0 Å². The first-order valence-electron chi connectivity index (χ1n) is 6.43. The quantitative estimate of drug-likeness (QED) is 0.720. The summed E-state index contributed by atoms with van der Waals surface area (Å²) in [6.45, 7) is 8.05. The van der Waals surface area contributed by atoms with E-state index in [1.165, 1.54) is 10.4 Å². The molecule has 0 atom stereocenters. The van der Waals surface area contributed by atoms with Gasteiger partial charge in [-0.05, 0) is 43.7 Å². The van der Waals surface area contributed by atoms with Gasteiger partial charge in [0.05, 0.1) is 15.9 Å². The summed E-state index contributed by atoms with van der Waals surface area (Å²) in [5.41, 5.74) is 1.22. The second-order valence-electron chi connectivity index (χ2n) is 5.07. The zero-order valence-electron chi connectivity index (χ0n) is 11.8. The smallest absolute Gasteiger partial charge is 0.260 e. The second-order valence-corrected chi connectivity index (χ2v) is 6.36. The lowest BCUT2D eigenvalue weighted by Gasteiger charge is -1.90. The lowest BCUT2D eigenvalue weighted by Crippen LogP contribution is -2.28. The molecule has 102 valence electrons. The van der Waals surface area contributed by atoms with Crippen molar-refractivity contribution in [2.45, 2.75) is 13.8 Å². The van der Waals surface area contributed by atoms with Gasteiger partial charge in [0.1, 0.15) is 0 Å². The summed E-state index contributed by atoms with van der Waals surface area (Å²) in [5.74, 6) is 0. The number of aryl methyl sites for hydroxylation is 2. The van der Waals surface area contributed by atoms with Crippen LogP contribution in [0.15, 0.2) is 23.0 Å². The lowest BCUT2D eigenvalue weighted by molar-refractivity contribution is 0.847. The van der Waals surface area contributed by atoms with E-state index >= 15 is 0 Å². The number of aromatic nitrogens is 2. The Morgan fingerprint density at radius 1 is 1.35 bits per heavy atom. The summed E-state index contributed by atoms with van der Waals surface area (Å²) in [7, 11) is 1.80. The van der Waals surface area contributed by atoms with Gasteiger partial charge in [0.15, 0.2) is 0 Å². The normalized spacial score (nSPS) is 12.4. The van der Waals surface area contributed by atoms with Crippen LogP contribution in [-0.4, -0.2) is 9.55 Å². The minimum atomic E-state index is 0.0207. The number of aromatic amines is 1. The molecule has 0 amide bonds. The first kappa shape index (κ1) is 12.9. The molecule has 0 radical (unpaired) electrons. The van der Waals surface area contributed by atoms with Gasteiger partial charge >= 0.3 is 0 Å². The number of nitrogens with one attached hydrogen (secondary N) is 1. The molecule has 0 aromatic carbocycles. The predicted molar refractivity (Wildman–Crippen MR) is 83.5 cm³/mol. The highest BCUT2D eigenvalue weighted by Crippen LogP contribution is 2.21. The van der Waals surface area contributed by atoms with Crippen LogP contribution in [0, 0.1) is 24.5 Å². The molecule has 2 aliphatic rings. The lowest BCUT2D eigenvalue weighted by atomic mass is 10.2. The fraction of sp³-hybridized carbons (Fsp3) is 0.188. The van der Waals surface area contributed by atoms with Crippen molar-refractivity contribution in [1.82, 2.24) is 9.55 Å². The molecule has 3 heterocycles. The van der Waals surface area contributed by atoms with Crippen molar-refractivity contribution in [3.05, 3.63) is 65.1 Å². The first-order valence-corrected chi connectivity index (χ1v) is 7.24. The van der Waals surface area contributed by atoms with Gasteiger partial charge in [-0.3, -0.25) is 4.79 Å². The second kappa shape index (κ2) is 4.49. The van der Waals surface area contributed by atoms with Gasteiger partial charge in [0.25, 0.3) is 5.56 Å². The molecule has 0 spiro atoms. The maximum atomic E-state index is 12.4. The van der Waals surface area contributed by atoms with Crippen molar-refractivity contribution in [3.8, 4) is 0 Å². The van der Waals surface area contributed by atoms with E-state index in [0.29, 0.717) is 5.22 Å². The maximum Gasteiger partial charge on any atom is 0.260 e. The van der Waals surface area contributed by atoms with E-state index in [2.05, 4.69) is 31.5 Å². The van der Waals surface area contributed by atoms with E-state index in [1.807, 2.05) is 18.2 Å². The Morgan fingerprint density at radius 2 is 2.10 bits per heavy atom. The van der Waals surface area contributed by atoms with E-state index in [0.717, 1.165) is 20.9 Å². The summed E-state index contributed by atoms with van der Waals surface area (Å²) in [6.07, 6.45) is 1.98. The Labute approximate surface area is 120 Å². The van der Waals surface area contributed by atoms with Crippen molar-refractivity contribution in [1.29, 1.82) is 0 Å². The molecule has 0 bridgehead atoms. The van der Waals surface area contributed by atoms with Gasteiger partial charge in [-0.2, -0.15) is 0 Å². The average Bonchev–Trinajstić information content (AvgIpc) is 2.82. The molecule has 1 N–H and O–H groups in total. The number of hydrogen-bond acceptors (Lipinski definition) is 2. The highest BCUT2D eigenvalue weighted by molar-refractivity contribution is 7.13. The molecule has 0 saturated carbocycles. The highest BCUT2D eigenvalue weighted by atomic mass is 32.1. The SMILES string of the molecule is C=c1ccc2n(C)c(=O)c(=Cc3sc(C)cc3C)c=2[nH]1. The molecule has 1 aromatic rings. The molecule has 0 unspecified atom stereocenters. The third-order valence-electron chi connectivity index (χ3n) is 3.50. The minimum Gasteiger partial charge on any atom is -0.354 e. The summed E-state index contributed by atoms with van der Waals surface area (Å²) < 4.78 is 1.67. The Bertz CT molecular complexity index is 1020. The van der Waals surface area contributed by atoms with Crippen molar-refractivity contribution < 1.29 is 0 Å². The number of hydrogen-bond donors (Lipinski definition) is 1. The fourth-order valence-corrected chi connectivity index (χ4v) is 3.46.